The molecule has 0 saturated carbocycles. The molecule has 0 aliphatic carbocycles. The van der Waals surface area contributed by atoms with Crippen molar-refractivity contribution in [3.8, 4) is 23.0 Å². The van der Waals surface area contributed by atoms with Gasteiger partial charge in [0, 0.05) is 55.0 Å². The molecule has 266 valence electrons. The first-order chi connectivity index (χ1) is 24.4. The van der Waals surface area contributed by atoms with Gasteiger partial charge in [-0.15, -0.1) is 0 Å². The average molecular weight is 758 g/mol. The zero-order chi connectivity index (χ0) is 36.4. The molecule has 1 aliphatic heterocycles. The molecule has 5 aromatic rings. The topological polar surface area (TPSA) is 180 Å². The van der Waals surface area contributed by atoms with Crippen LogP contribution in [-0.4, -0.2) is 65.3 Å². The Hall–Kier alpha value is -5.02. The van der Waals surface area contributed by atoms with Crippen molar-refractivity contribution in [1.29, 1.82) is 5.41 Å². The molecule has 0 fully saturated rings. The first-order valence-electron chi connectivity index (χ1n) is 15.5. The van der Waals surface area contributed by atoms with E-state index in [1.165, 1.54) is 25.1 Å². The maximum absolute atomic E-state index is 14.1. The summed E-state index contributed by atoms with van der Waals surface area (Å²) in [5, 5.41) is 12.5. The number of carbonyl (C=O) groups excluding carboxylic acids is 2. The lowest BCUT2D eigenvalue weighted by molar-refractivity contribution is -0.116. The Kier molecular flexibility index (Phi) is 10.3. The predicted molar refractivity (Wildman–Crippen MR) is 195 cm³/mol. The van der Waals surface area contributed by atoms with Crippen molar-refractivity contribution in [2.75, 3.05) is 44.3 Å². The van der Waals surface area contributed by atoms with Gasteiger partial charge in [0.2, 0.25) is 18.6 Å². The number of benzene rings is 3. The van der Waals surface area contributed by atoms with E-state index in [0.29, 0.717) is 50.1 Å². The van der Waals surface area contributed by atoms with Crippen LogP contribution < -0.4 is 40.5 Å². The number of nitrogens with two attached hydrogens (primary N) is 1. The molecule has 6 rings (SSSR count). The summed E-state index contributed by atoms with van der Waals surface area (Å²) in [6, 6.07) is 13.3. The van der Waals surface area contributed by atoms with Gasteiger partial charge >= 0.3 is 6.09 Å². The number of amides is 2. The average Bonchev–Trinajstić information content (AvgIpc) is 3.57. The summed E-state index contributed by atoms with van der Waals surface area (Å²) in [6.45, 7) is 0.454. The van der Waals surface area contributed by atoms with Crippen molar-refractivity contribution in [2.24, 2.45) is 5.73 Å². The lowest BCUT2D eigenvalue weighted by Crippen LogP contribution is -2.31. The van der Waals surface area contributed by atoms with Crippen LogP contribution in [0.4, 0.5) is 16.2 Å². The Morgan fingerprint density at radius 3 is 2.51 bits per heavy atom. The number of para-hydroxylation sites is 2. The van der Waals surface area contributed by atoms with Crippen LogP contribution in [0.5, 0.6) is 23.0 Å². The van der Waals surface area contributed by atoms with Crippen LogP contribution in [0.3, 0.4) is 0 Å². The minimum atomic E-state index is -1.99. The van der Waals surface area contributed by atoms with Gasteiger partial charge in [-0.25, -0.2) is 4.79 Å². The Morgan fingerprint density at radius 2 is 1.78 bits per heavy atom. The summed E-state index contributed by atoms with van der Waals surface area (Å²) >= 11 is 16.8. The maximum Gasteiger partial charge on any atom is 0.419 e. The number of ether oxygens (including phenoxy) is 5. The monoisotopic (exact) mass is 756 g/mol. The second kappa shape index (κ2) is 14.7. The minimum absolute atomic E-state index is 0.00310. The highest BCUT2D eigenvalue weighted by atomic mass is 35.6. The van der Waals surface area contributed by atoms with E-state index < -0.39 is 15.8 Å². The van der Waals surface area contributed by atoms with Crippen LogP contribution in [-0.2, 0) is 16.1 Å². The van der Waals surface area contributed by atoms with Crippen molar-refractivity contribution in [1.82, 2.24) is 9.55 Å². The van der Waals surface area contributed by atoms with E-state index >= 15 is 0 Å². The number of fused-ring (bicyclic) bond motifs is 6. The van der Waals surface area contributed by atoms with Gasteiger partial charge in [0.1, 0.15) is 0 Å². The molecule has 2 aromatic heterocycles. The molecule has 2 amide bonds. The maximum atomic E-state index is 14.1. The van der Waals surface area contributed by atoms with E-state index in [4.69, 9.17) is 69.6 Å². The predicted octanol–water partition coefficient (Wildman–Crippen LogP) is 6.12. The Bertz CT molecular complexity index is 2260. The summed E-state index contributed by atoms with van der Waals surface area (Å²) < 4.78 is 27.2. The number of halogens is 3. The van der Waals surface area contributed by atoms with Gasteiger partial charge in [0.05, 0.1) is 41.5 Å². The van der Waals surface area contributed by atoms with Gasteiger partial charge in [0.15, 0.2) is 23.0 Å². The van der Waals surface area contributed by atoms with Gasteiger partial charge < -0.3 is 39.3 Å². The fourth-order valence-electron chi connectivity index (χ4n) is 5.68. The number of rotatable bonds is 10. The highest BCUT2D eigenvalue weighted by Gasteiger charge is 2.28. The SMILES string of the molecule is COc1cc2c(cc1OC(=O)N(C)c1ccccc1NC(=O)CCCOC(=N)C(Cl)(Cl)Cl)c(=O)n(CCN)c1c3cc4c(cc3ncc21)OCO4. The fourth-order valence-corrected chi connectivity index (χ4v) is 5.84. The number of anilines is 2. The van der Waals surface area contributed by atoms with Crippen LogP contribution in [0.1, 0.15) is 12.8 Å². The number of nitrogens with zero attached hydrogens (tertiary/aromatic N) is 3. The fraction of sp³-hybridized carbons (Fsp3) is 0.265. The molecule has 14 nitrogen and oxygen atoms in total. The van der Waals surface area contributed by atoms with Gasteiger partial charge in [-0.05, 0) is 36.8 Å². The molecule has 0 unspecified atom stereocenters. The molecule has 1 aliphatic rings. The van der Waals surface area contributed by atoms with E-state index in [1.807, 2.05) is 0 Å². The first kappa shape index (κ1) is 35.8. The number of methoxy groups -OCH3 is 1. The number of hydrogen-bond acceptors (Lipinski definition) is 11. The van der Waals surface area contributed by atoms with E-state index in [1.54, 1.807) is 53.2 Å². The molecule has 0 spiro atoms. The lowest BCUT2D eigenvalue weighted by Gasteiger charge is -2.21. The Labute approximate surface area is 305 Å². The van der Waals surface area contributed by atoms with Gasteiger partial charge in [-0.2, -0.15) is 0 Å². The summed E-state index contributed by atoms with van der Waals surface area (Å²) in [6.07, 6.45) is 1.10. The Morgan fingerprint density at radius 1 is 1.06 bits per heavy atom. The first-order valence-corrected chi connectivity index (χ1v) is 16.6. The third-order valence-electron chi connectivity index (χ3n) is 8.09. The highest BCUT2D eigenvalue weighted by molar-refractivity contribution is 6.76. The minimum Gasteiger partial charge on any atom is -0.493 e. The molecular formula is C34H31Cl3N6O8. The third kappa shape index (κ3) is 7.26. The van der Waals surface area contributed by atoms with Crippen molar-refractivity contribution < 1.29 is 33.3 Å². The molecule has 0 saturated heterocycles. The van der Waals surface area contributed by atoms with Gasteiger partial charge in [-0.1, -0.05) is 46.9 Å². The molecule has 4 N–H and O–H groups in total. The normalized spacial score (nSPS) is 12.3. The lowest BCUT2D eigenvalue weighted by atomic mass is 10.0. The molecule has 3 heterocycles. The summed E-state index contributed by atoms with van der Waals surface area (Å²) in [7, 11) is 2.89. The van der Waals surface area contributed by atoms with Gasteiger partial charge in [0.25, 0.3) is 9.35 Å². The summed E-state index contributed by atoms with van der Waals surface area (Å²) in [5.74, 6) is 0.373. The number of carbonyl (C=O) groups is 2. The standard InChI is InChI=1S/C34H31Cl3N6O8/c1-42(24-7-4-3-6-22(24)41-29(44)8-5-11-48-32(39)34(35,36)37)33(46)51-28-13-19-18(12-25(28)47-2)21-16-40-23-15-27-26(49-17-50-27)14-20(23)30(21)43(10-9-38)31(19)45/h3-4,6-7,12-16,39H,5,8-11,17,38H2,1-2H3,(H,41,44). The molecule has 0 atom stereocenters. The van der Waals surface area contributed by atoms with E-state index in [-0.39, 0.29) is 67.7 Å². The van der Waals surface area contributed by atoms with Crippen molar-refractivity contribution in [3.05, 3.63) is 65.1 Å². The third-order valence-corrected chi connectivity index (χ3v) is 8.60. The molecule has 51 heavy (non-hydrogen) atoms. The highest BCUT2D eigenvalue weighted by Crippen LogP contribution is 2.40. The number of pyridine rings is 2. The number of alkyl halides is 3. The van der Waals surface area contributed by atoms with Crippen LogP contribution in [0, 0.1) is 5.41 Å². The number of hydrogen-bond donors (Lipinski definition) is 3. The van der Waals surface area contributed by atoms with Crippen molar-refractivity contribution in [2.45, 2.75) is 23.2 Å². The van der Waals surface area contributed by atoms with E-state index in [2.05, 4.69) is 10.3 Å². The van der Waals surface area contributed by atoms with Crippen LogP contribution in [0.15, 0.2) is 59.5 Å². The quantitative estimate of drug-likeness (QED) is 0.0494. The van der Waals surface area contributed by atoms with Crippen LogP contribution in [0.2, 0.25) is 0 Å². The largest absolute Gasteiger partial charge is 0.493 e. The zero-order valence-corrected chi connectivity index (χ0v) is 29.5. The van der Waals surface area contributed by atoms with E-state index in [0.717, 1.165) is 0 Å². The van der Waals surface area contributed by atoms with Crippen LogP contribution in [0.25, 0.3) is 32.6 Å². The smallest absolute Gasteiger partial charge is 0.419 e. The number of nitrogens with one attached hydrogen (secondary N) is 2. The molecule has 0 radical (unpaired) electrons. The van der Waals surface area contributed by atoms with Gasteiger partial charge in [-0.3, -0.25) is 24.9 Å². The molecule has 17 heteroatoms. The van der Waals surface area contributed by atoms with Crippen molar-refractivity contribution >= 4 is 96.7 Å². The Balaban J connectivity index is 1.28. The molecule has 3 aromatic carbocycles. The van der Waals surface area contributed by atoms with Crippen LogP contribution >= 0.6 is 34.8 Å². The van der Waals surface area contributed by atoms with Crippen molar-refractivity contribution in [3.63, 3.8) is 0 Å². The number of aromatic nitrogens is 2. The van der Waals surface area contributed by atoms with E-state index in [9.17, 15) is 14.4 Å². The second-order valence-corrected chi connectivity index (χ2v) is 13.6. The summed E-state index contributed by atoms with van der Waals surface area (Å²) in [5.41, 5.74) is 7.49. The molecule has 0 bridgehead atoms. The summed E-state index contributed by atoms with van der Waals surface area (Å²) in [4.78, 5) is 46.2. The molecular weight excluding hydrogens is 727 g/mol. The second-order valence-electron chi connectivity index (χ2n) is 11.3. The zero-order valence-electron chi connectivity index (χ0n) is 27.3.